The van der Waals surface area contributed by atoms with E-state index in [2.05, 4.69) is 4.74 Å². The van der Waals surface area contributed by atoms with Crippen LogP contribution in [-0.2, 0) is 9.53 Å². The normalized spacial score (nSPS) is 13.2. The van der Waals surface area contributed by atoms with E-state index in [-0.39, 0.29) is 6.42 Å². The number of methoxy groups -OCH3 is 1. The molecule has 17 heavy (non-hydrogen) atoms. The van der Waals surface area contributed by atoms with Crippen LogP contribution in [0.4, 0.5) is 8.78 Å². The van der Waals surface area contributed by atoms with Gasteiger partial charge >= 0.3 is 9.90 Å². The minimum absolute atomic E-state index is 0.360. The highest BCUT2D eigenvalue weighted by Crippen LogP contribution is 2.41. The van der Waals surface area contributed by atoms with E-state index in [0.29, 0.717) is 10.6 Å². The van der Waals surface area contributed by atoms with E-state index in [1.165, 1.54) is 31.4 Å². The van der Waals surface area contributed by atoms with Crippen molar-refractivity contribution in [2.24, 2.45) is 0 Å². The van der Waals surface area contributed by atoms with E-state index >= 15 is 0 Å². The molecule has 0 heterocycles. The number of halogens is 4. The molecule has 0 fully saturated rings. The van der Waals surface area contributed by atoms with Gasteiger partial charge in [0.1, 0.15) is 0 Å². The van der Waals surface area contributed by atoms with Crippen molar-refractivity contribution in [3.05, 3.63) is 34.9 Å². The predicted molar refractivity (Wildman–Crippen MR) is 69.8 cm³/mol. The first-order chi connectivity index (χ1) is 7.84. The van der Waals surface area contributed by atoms with Crippen LogP contribution in [0.15, 0.2) is 24.3 Å². The molecule has 0 radical (unpaired) electrons. The van der Waals surface area contributed by atoms with Gasteiger partial charge in [-0.15, -0.1) is 0 Å². The van der Waals surface area contributed by atoms with Crippen molar-refractivity contribution in [2.75, 3.05) is 7.11 Å². The fourth-order valence-corrected chi connectivity index (χ4v) is 2.07. The summed E-state index contributed by atoms with van der Waals surface area (Å²) in [5, 5.41) is 0.461. The zero-order chi connectivity index (χ0) is 13.1. The largest absolute Gasteiger partial charge is 0.469 e. The van der Waals surface area contributed by atoms with Gasteiger partial charge in [0.25, 0.3) is 0 Å². The summed E-state index contributed by atoms with van der Waals surface area (Å²) >= 11 is 6.71. The van der Waals surface area contributed by atoms with Crippen LogP contribution >= 0.6 is 34.2 Å². The van der Waals surface area contributed by atoms with Crippen molar-refractivity contribution in [1.29, 1.82) is 0 Å². The smallest absolute Gasteiger partial charge is 0.306 e. The fraction of sp³-hybridized carbons (Fsp3) is 0.364. The van der Waals surface area contributed by atoms with Gasteiger partial charge in [-0.1, -0.05) is 23.7 Å². The lowest BCUT2D eigenvalue weighted by molar-refractivity contribution is -0.142. The Morgan fingerprint density at radius 1 is 1.47 bits per heavy atom. The van der Waals surface area contributed by atoms with E-state index < -0.39 is 15.8 Å². The van der Waals surface area contributed by atoms with Crippen LogP contribution < -0.4 is 0 Å². The monoisotopic (exact) mass is 374 g/mol. The molecule has 1 unspecified atom stereocenters. The van der Waals surface area contributed by atoms with E-state index in [9.17, 15) is 13.6 Å². The van der Waals surface area contributed by atoms with E-state index in [4.69, 9.17) is 11.6 Å². The Morgan fingerprint density at radius 2 is 2.00 bits per heavy atom. The van der Waals surface area contributed by atoms with Crippen LogP contribution in [-0.4, -0.2) is 17.0 Å². The standard InChI is InChI=1S/C11H10ClF2IO2/c1-17-10(16)6-9(11(13,14)15)7-2-4-8(12)5-3-7/h2-5,9H,6H2,1H3. The second kappa shape index (κ2) is 5.95. The molecule has 1 aromatic rings. The van der Waals surface area contributed by atoms with Crippen molar-refractivity contribution >= 4 is 40.2 Å². The molecule has 0 aliphatic heterocycles. The van der Waals surface area contributed by atoms with Crippen LogP contribution in [0.1, 0.15) is 17.9 Å². The number of hydrogen-bond acceptors (Lipinski definition) is 2. The summed E-state index contributed by atoms with van der Waals surface area (Å²) in [6.45, 7) is 0. The minimum atomic E-state index is -3.03. The lowest BCUT2D eigenvalue weighted by Gasteiger charge is -2.21. The molecule has 0 saturated heterocycles. The van der Waals surface area contributed by atoms with Gasteiger partial charge < -0.3 is 4.74 Å². The zero-order valence-corrected chi connectivity index (χ0v) is 11.8. The molecule has 6 heteroatoms. The van der Waals surface area contributed by atoms with Crippen LogP contribution in [0.3, 0.4) is 0 Å². The van der Waals surface area contributed by atoms with Gasteiger partial charge in [-0.05, 0) is 40.3 Å². The highest BCUT2D eigenvalue weighted by molar-refractivity contribution is 14.1. The SMILES string of the molecule is COC(=O)CC(c1ccc(Cl)cc1)C(F)(F)I. The number of ether oxygens (including phenoxy) is 1. The van der Waals surface area contributed by atoms with Crippen molar-refractivity contribution in [3.8, 4) is 0 Å². The number of hydrogen-bond donors (Lipinski definition) is 0. The maximum Gasteiger partial charge on any atom is 0.306 e. The Labute approximate surface area is 116 Å². The number of alkyl halides is 3. The Balaban J connectivity index is 2.98. The second-order valence-corrected chi connectivity index (χ2v) is 5.30. The number of benzene rings is 1. The highest BCUT2D eigenvalue weighted by Gasteiger charge is 2.39. The first-order valence-corrected chi connectivity index (χ1v) is 6.19. The molecule has 0 aliphatic carbocycles. The molecular formula is C11H10ClF2IO2. The molecule has 0 saturated carbocycles. The molecule has 1 atom stereocenters. The Hall–Kier alpha value is -0.430. The van der Waals surface area contributed by atoms with Crippen molar-refractivity contribution in [1.82, 2.24) is 0 Å². The molecule has 0 aromatic heterocycles. The first kappa shape index (κ1) is 14.6. The Kier molecular flexibility index (Phi) is 5.12. The summed E-state index contributed by atoms with van der Waals surface area (Å²) in [6, 6.07) is 6.01. The molecule has 0 amide bonds. The van der Waals surface area contributed by atoms with Crippen molar-refractivity contribution < 1.29 is 18.3 Å². The van der Waals surface area contributed by atoms with Gasteiger partial charge in [0.15, 0.2) is 0 Å². The molecule has 94 valence electrons. The topological polar surface area (TPSA) is 26.3 Å². The third-order valence-corrected chi connectivity index (χ3v) is 3.27. The van der Waals surface area contributed by atoms with Gasteiger partial charge in [0.05, 0.1) is 19.4 Å². The van der Waals surface area contributed by atoms with Crippen LogP contribution in [0.25, 0.3) is 0 Å². The molecule has 0 spiro atoms. The van der Waals surface area contributed by atoms with Gasteiger partial charge in [-0.2, -0.15) is 8.78 Å². The molecule has 0 aliphatic rings. The Bertz CT molecular complexity index is 389. The average molecular weight is 375 g/mol. The quantitative estimate of drug-likeness (QED) is 0.452. The van der Waals surface area contributed by atoms with Gasteiger partial charge in [-0.25, -0.2) is 0 Å². The lowest BCUT2D eigenvalue weighted by atomic mass is 9.96. The van der Waals surface area contributed by atoms with E-state index in [1.807, 2.05) is 0 Å². The maximum absolute atomic E-state index is 13.4. The lowest BCUT2D eigenvalue weighted by Crippen LogP contribution is -2.22. The molecule has 0 bridgehead atoms. The van der Waals surface area contributed by atoms with Crippen molar-refractivity contribution in [3.63, 3.8) is 0 Å². The summed E-state index contributed by atoms with van der Waals surface area (Å²) in [5.74, 6) is -1.88. The fourth-order valence-electron chi connectivity index (χ4n) is 1.37. The van der Waals surface area contributed by atoms with Crippen LogP contribution in [0, 0.1) is 0 Å². The number of carbonyl (C=O) groups is 1. The summed E-state index contributed by atoms with van der Waals surface area (Å²) in [4.78, 5) is 11.1. The van der Waals surface area contributed by atoms with Crippen LogP contribution in [0.5, 0.6) is 0 Å². The molecule has 1 rings (SSSR count). The number of esters is 1. The average Bonchev–Trinajstić information content (AvgIpc) is 2.25. The van der Waals surface area contributed by atoms with E-state index in [1.54, 1.807) is 0 Å². The molecule has 0 N–H and O–H groups in total. The summed E-state index contributed by atoms with van der Waals surface area (Å²) in [7, 11) is 1.17. The van der Waals surface area contributed by atoms with Gasteiger partial charge in [0.2, 0.25) is 0 Å². The minimum Gasteiger partial charge on any atom is -0.469 e. The molecule has 1 aromatic carbocycles. The zero-order valence-electron chi connectivity index (χ0n) is 8.92. The maximum atomic E-state index is 13.4. The van der Waals surface area contributed by atoms with Gasteiger partial charge in [-0.3, -0.25) is 4.79 Å². The van der Waals surface area contributed by atoms with E-state index in [0.717, 1.165) is 22.6 Å². The third kappa shape index (κ3) is 4.39. The van der Waals surface area contributed by atoms with Gasteiger partial charge in [0, 0.05) is 5.02 Å². The highest BCUT2D eigenvalue weighted by atomic mass is 127. The first-order valence-electron chi connectivity index (χ1n) is 4.73. The molecular weight excluding hydrogens is 364 g/mol. The van der Waals surface area contributed by atoms with Crippen molar-refractivity contribution in [2.45, 2.75) is 16.3 Å². The summed E-state index contributed by atoms with van der Waals surface area (Å²) in [5.41, 5.74) is 0.360. The predicted octanol–water partition coefficient (Wildman–Crippen LogP) is 4.01. The third-order valence-electron chi connectivity index (χ3n) is 2.27. The number of carbonyl (C=O) groups excluding carboxylic acids is 1. The summed E-state index contributed by atoms with van der Waals surface area (Å²) < 4.78 is 28.2. The van der Waals surface area contributed by atoms with Crippen LogP contribution in [0.2, 0.25) is 5.02 Å². The Morgan fingerprint density at radius 3 is 2.41 bits per heavy atom. The summed E-state index contributed by atoms with van der Waals surface area (Å²) in [6.07, 6.45) is -0.367. The second-order valence-electron chi connectivity index (χ2n) is 3.43. The molecule has 2 nitrogen and oxygen atoms in total. The number of rotatable bonds is 4.